The summed E-state index contributed by atoms with van der Waals surface area (Å²) in [7, 11) is 0. The normalized spacial score (nSPS) is 34.4. The first-order chi connectivity index (χ1) is 6.83. The minimum atomic E-state index is 0.764. The van der Waals surface area contributed by atoms with Crippen molar-refractivity contribution in [3.63, 3.8) is 0 Å². The second-order valence-corrected chi connectivity index (χ2v) is 5.60. The quantitative estimate of drug-likeness (QED) is 0.799. The summed E-state index contributed by atoms with van der Waals surface area (Å²) >= 11 is 1.76. The zero-order valence-corrected chi connectivity index (χ0v) is 9.02. The second-order valence-electron chi connectivity index (χ2n) is 4.60. The molecule has 0 saturated heterocycles. The SMILES string of the molecule is Nc1ccsc1CNC1CC2CC2C1. The first-order valence-corrected chi connectivity index (χ1v) is 6.26. The van der Waals surface area contributed by atoms with Gasteiger partial charge in [0.1, 0.15) is 0 Å². The summed E-state index contributed by atoms with van der Waals surface area (Å²) in [6, 6.07) is 2.76. The minimum Gasteiger partial charge on any atom is -0.398 e. The van der Waals surface area contributed by atoms with Crippen LogP contribution in [0.3, 0.4) is 0 Å². The van der Waals surface area contributed by atoms with Crippen LogP contribution in [-0.2, 0) is 6.54 Å². The van der Waals surface area contributed by atoms with Crippen LogP contribution in [0.4, 0.5) is 5.69 Å². The number of hydrogen-bond acceptors (Lipinski definition) is 3. The Bertz CT molecular complexity index is 324. The fraction of sp³-hybridized carbons (Fsp3) is 0.636. The van der Waals surface area contributed by atoms with E-state index in [1.54, 1.807) is 11.3 Å². The van der Waals surface area contributed by atoms with Crippen LogP contribution in [-0.4, -0.2) is 6.04 Å². The van der Waals surface area contributed by atoms with Gasteiger partial charge in [-0.2, -0.15) is 0 Å². The third-order valence-electron chi connectivity index (χ3n) is 3.57. The Morgan fingerprint density at radius 1 is 1.36 bits per heavy atom. The van der Waals surface area contributed by atoms with E-state index < -0.39 is 0 Å². The van der Waals surface area contributed by atoms with E-state index in [0.717, 1.165) is 30.1 Å². The van der Waals surface area contributed by atoms with Gasteiger partial charge in [0.2, 0.25) is 0 Å². The highest BCUT2D eigenvalue weighted by Crippen LogP contribution is 2.51. The van der Waals surface area contributed by atoms with Crippen molar-refractivity contribution >= 4 is 17.0 Å². The fourth-order valence-electron chi connectivity index (χ4n) is 2.61. The van der Waals surface area contributed by atoms with Crippen LogP contribution in [0.15, 0.2) is 11.4 Å². The van der Waals surface area contributed by atoms with E-state index in [9.17, 15) is 0 Å². The predicted molar refractivity (Wildman–Crippen MR) is 60.2 cm³/mol. The van der Waals surface area contributed by atoms with Crippen molar-refractivity contribution in [3.05, 3.63) is 16.3 Å². The monoisotopic (exact) mass is 208 g/mol. The summed E-state index contributed by atoms with van der Waals surface area (Å²) < 4.78 is 0. The zero-order valence-electron chi connectivity index (χ0n) is 8.20. The van der Waals surface area contributed by atoms with Crippen molar-refractivity contribution in [1.82, 2.24) is 5.32 Å². The standard InChI is InChI=1S/C11H16N2S/c12-10-1-2-14-11(10)6-13-9-4-7-3-8(7)5-9/h1-2,7-9,13H,3-6,12H2. The Labute approximate surface area is 88.5 Å². The Balaban J connectivity index is 1.52. The summed E-state index contributed by atoms with van der Waals surface area (Å²) in [5.74, 6) is 2.13. The Kier molecular flexibility index (Phi) is 2.03. The highest BCUT2D eigenvalue weighted by atomic mass is 32.1. The van der Waals surface area contributed by atoms with Crippen LogP contribution in [0.25, 0.3) is 0 Å². The molecule has 0 radical (unpaired) electrons. The molecule has 2 fully saturated rings. The maximum atomic E-state index is 5.83. The number of hydrogen-bond donors (Lipinski definition) is 2. The number of anilines is 1. The van der Waals surface area contributed by atoms with Gasteiger partial charge in [-0.1, -0.05) is 0 Å². The average Bonchev–Trinajstić information content (AvgIpc) is 2.61. The molecule has 3 N–H and O–H groups in total. The molecule has 1 aromatic rings. The van der Waals surface area contributed by atoms with E-state index in [2.05, 4.69) is 10.7 Å². The molecular weight excluding hydrogens is 192 g/mol. The minimum absolute atomic E-state index is 0.764. The molecule has 2 saturated carbocycles. The van der Waals surface area contributed by atoms with Gasteiger partial charge in [-0.25, -0.2) is 0 Å². The molecule has 2 aliphatic carbocycles. The molecule has 14 heavy (non-hydrogen) atoms. The molecule has 3 rings (SSSR count). The molecule has 2 nitrogen and oxygen atoms in total. The summed E-state index contributed by atoms with van der Waals surface area (Å²) in [6.07, 6.45) is 4.30. The molecule has 0 bridgehead atoms. The van der Waals surface area contributed by atoms with Gasteiger partial charge < -0.3 is 11.1 Å². The maximum absolute atomic E-state index is 5.83. The summed E-state index contributed by atoms with van der Waals surface area (Å²) in [4.78, 5) is 1.30. The molecule has 2 atom stereocenters. The van der Waals surface area contributed by atoms with Crippen molar-refractivity contribution in [3.8, 4) is 0 Å². The lowest BCUT2D eigenvalue weighted by Crippen LogP contribution is -2.26. The Morgan fingerprint density at radius 3 is 2.79 bits per heavy atom. The molecule has 2 aliphatic rings. The van der Waals surface area contributed by atoms with Crippen LogP contribution in [0.2, 0.25) is 0 Å². The van der Waals surface area contributed by atoms with Crippen LogP contribution < -0.4 is 11.1 Å². The molecule has 2 unspecified atom stereocenters. The fourth-order valence-corrected chi connectivity index (χ4v) is 3.36. The molecular formula is C11H16N2S. The van der Waals surface area contributed by atoms with E-state index in [1.807, 2.05) is 6.07 Å². The van der Waals surface area contributed by atoms with E-state index in [1.165, 1.54) is 24.1 Å². The van der Waals surface area contributed by atoms with Crippen molar-refractivity contribution in [2.75, 3.05) is 5.73 Å². The van der Waals surface area contributed by atoms with E-state index >= 15 is 0 Å². The topological polar surface area (TPSA) is 38.0 Å². The van der Waals surface area contributed by atoms with Crippen molar-refractivity contribution in [2.24, 2.45) is 11.8 Å². The van der Waals surface area contributed by atoms with E-state index in [-0.39, 0.29) is 0 Å². The molecule has 3 heteroatoms. The van der Waals surface area contributed by atoms with Gasteiger partial charge in [-0.3, -0.25) is 0 Å². The predicted octanol–water partition coefficient (Wildman–Crippen LogP) is 2.22. The van der Waals surface area contributed by atoms with E-state index in [4.69, 9.17) is 5.73 Å². The molecule has 0 aliphatic heterocycles. The van der Waals surface area contributed by atoms with Gasteiger partial charge in [0.25, 0.3) is 0 Å². The van der Waals surface area contributed by atoms with Gasteiger partial charge in [-0.05, 0) is 42.5 Å². The smallest absolute Gasteiger partial charge is 0.0468 e. The molecule has 0 amide bonds. The number of rotatable bonds is 3. The maximum Gasteiger partial charge on any atom is 0.0468 e. The third-order valence-corrected chi connectivity index (χ3v) is 4.51. The molecule has 1 heterocycles. The summed E-state index contributed by atoms with van der Waals surface area (Å²) in [6.45, 7) is 0.966. The van der Waals surface area contributed by atoms with Gasteiger partial charge in [0.05, 0.1) is 0 Å². The van der Waals surface area contributed by atoms with E-state index in [0.29, 0.717) is 0 Å². The number of nitrogen functional groups attached to an aromatic ring is 1. The van der Waals surface area contributed by atoms with Crippen LogP contribution in [0.5, 0.6) is 0 Å². The molecule has 0 aromatic carbocycles. The summed E-state index contributed by atoms with van der Waals surface area (Å²) in [5.41, 5.74) is 6.78. The van der Waals surface area contributed by atoms with Crippen LogP contribution in [0.1, 0.15) is 24.1 Å². The van der Waals surface area contributed by atoms with Crippen molar-refractivity contribution in [1.29, 1.82) is 0 Å². The zero-order chi connectivity index (χ0) is 9.54. The average molecular weight is 208 g/mol. The highest BCUT2D eigenvalue weighted by Gasteiger charge is 2.45. The molecule has 1 aromatic heterocycles. The second kappa shape index (κ2) is 3.24. The Hall–Kier alpha value is -0.540. The lowest BCUT2D eigenvalue weighted by atomic mass is 10.1. The lowest BCUT2D eigenvalue weighted by Gasteiger charge is -2.13. The van der Waals surface area contributed by atoms with Gasteiger partial charge in [-0.15, -0.1) is 11.3 Å². The molecule has 0 spiro atoms. The van der Waals surface area contributed by atoms with Crippen LogP contribution >= 0.6 is 11.3 Å². The number of thiophene rings is 1. The first kappa shape index (κ1) is 8.74. The number of nitrogens with two attached hydrogens (primary N) is 1. The lowest BCUT2D eigenvalue weighted by molar-refractivity contribution is 0.483. The van der Waals surface area contributed by atoms with Crippen LogP contribution in [0, 0.1) is 11.8 Å². The van der Waals surface area contributed by atoms with Crippen molar-refractivity contribution < 1.29 is 0 Å². The third kappa shape index (κ3) is 1.55. The summed E-state index contributed by atoms with van der Waals surface area (Å²) in [5, 5.41) is 5.68. The first-order valence-electron chi connectivity index (χ1n) is 5.38. The molecule has 76 valence electrons. The number of nitrogens with one attached hydrogen (secondary N) is 1. The Morgan fingerprint density at radius 2 is 2.14 bits per heavy atom. The van der Waals surface area contributed by atoms with Gasteiger partial charge in [0.15, 0.2) is 0 Å². The highest BCUT2D eigenvalue weighted by molar-refractivity contribution is 7.10. The number of fused-ring (bicyclic) bond motifs is 1. The van der Waals surface area contributed by atoms with Gasteiger partial charge in [0, 0.05) is 23.2 Å². The van der Waals surface area contributed by atoms with Crippen molar-refractivity contribution in [2.45, 2.75) is 31.8 Å². The van der Waals surface area contributed by atoms with Gasteiger partial charge >= 0.3 is 0 Å². The largest absolute Gasteiger partial charge is 0.398 e.